The quantitative estimate of drug-likeness (QED) is 0.629. The van der Waals surface area contributed by atoms with E-state index in [1.165, 1.54) is 27.9 Å². The number of benzene rings is 2. The van der Waals surface area contributed by atoms with Crippen LogP contribution < -0.4 is 10.1 Å². The molecule has 0 bridgehead atoms. The molecule has 2 heteroatoms. The molecule has 0 unspecified atom stereocenters. The van der Waals surface area contributed by atoms with E-state index in [4.69, 9.17) is 4.74 Å². The number of hydrogen-bond donors (Lipinski definition) is 1. The standard InChI is InChI=1S/C24H35NO/c1-17-10-9-11-21(18(17)2)25-14-15-26-22-13-12-19(23(3,4)5)16-20(22)24(6,7)8/h9-13,16,25H,14-15H2,1-8H3. The number of anilines is 1. The van der Waals surface area contributed by atoms with Gasteiger partial charge in [0.1, 0.15) is 12.4 Å². The highest BCUT2D eigenvalue weighted by atomic mass is 16.5. The minimum Gasteiger partial charge on any atom is -0.491 e. The third-order valence-corrected chi connectivity index (χ3v) is 4.93. The van der Waals surface area contributed by atoms with Crippen molar-refractivity contribution in [2.45, 2.75) is 66.2 Å². The topological polar surface area (TPSA) is 21.3 Å². The van der Waals surface area contributed by atoms with Gasteiger partial charge in [-0.15, -0.1) is 0 Å². The fourth-order valence-electron chi connectivity index (χ4n) is 3.00. The average molecular weight is 354 g/mol. The van der Waals surface area contributed by atoms with E-state index in [1.54, 1.807) is 0 Å². The Morgan fingerprint density at radius 2 is 1.58 bits per heavy atom. The van der Waals surface area contributed by atoms with Gasteiger partial charge in [0.25, 0.3) is 0 Å². The summed E-state index contributed by atoms with van der Waals surface area (Å²) in [5.41, 5.74) is 6.62. The molecule has 0 amide bonds. The van der Waals surface area contributed by atoms with Crippen LogP contribution in [0.2, 0.25) is 0 Å². The van der Waals surface area contributed by atoms with Gasteiger partial charge < -0.3 is 10.1 Å². The number of aryl methyl sites for hydroxylation is 1. The highest BCUT2D eigenvalue weighted by molar-refractivity contribution is 5.53. The average Bonchev–Trinajstić information content (AvgIpc) is 2.53. The summed E-state index contributed by atoms with van der Waals surface area (Å²) < 4.78 is 6.16. The maximum absolute atomic E-state index is 6.16. The summed E-state index contributed by atoms with van der Waals surface area (Å²) in [4.78, 5) is 0. The first-order chi connectivity index (χ1) is 12.0. The Balaban J connectivity index is 2.08. The van der Waals surface area contributed by atoms with Crippen LogP contribution in [-0.4, -0.2) is 13.2 Å². The van der Waals surface area contributed by atoms with Gasteiger partial charge in [-0.1, -0.05) is 65.8 Å². The van der Waals surface area contributed by atoms with E-state index < -0.39 is 0 Å². The molecule has 0 aliphatic heterocycles. The van der Waals surface area contributed by atoms with Gasteiger partial charge in [0.2, 0.25) is 0 Å². The Hall–Kier alpha value is -1.96. The van der Waals surface area contributed by atoms with Crippen LogP contribution in [-0.2, 0) is 10.8 Å². The third kappa shape index (κ3) is 5.03. The van der Waals surface area contributed by atoms with E-state index in [9.17, 15) is 0 Å². The Bertz CT molecular complexity index is 748. The van der Waals surface area contributed by atoms with Crippen LogP contribution in [0.5, 0.6) is 5.75 Å². The van der Waals surface area contributed by atoms with Crippen molar-refractivity contribution in [2.24, 2.45) is 0 Å². The lowest BCUT2D eigenvalue weighted by Crippen LogP contribution is -2.19. The maximum Gasteiger partial charge on any atom is 0.123 e. The lowest BCUT2D eigenvalue weighted by molar-refractivity contribution is 0.322. The van der Waals surface area contributed by atoms with Gasteiger partial charge in [0, 0.05) is 12.2 Å². The van der Waals surface area contributed by atoms with Crippen molar-refractivity contribution in [2.75, 3.05) is 18.5 Å². The summed E-state index contributed by atoms with van der Waals surface area (Å²) in [7, 11) is 0. The van der Waals surface area contributed by atoms with E-state index in [-0.39, 0.29) is 10.8 Å². The van der Waals surface area contributed by atoms with Crippen LogP contribution in [0.4, 0.5) is 5.69 Å². The van der Waals surface area contributed by atoms with Crippen molar-refractivity contribution >= 4 is 5.69 Å². The highest BCUT2D eigenvalue weighted by Crippen LogP contribution is 2.35. The van der Waals surface area contributed by atoms with Gasteiger partial charge in [-0.3, -0.25) is 0 Å². The molecule has 2 aromatic rings. The minimum atomic E-state index is 0.0527. The van der Waals surface area contributed by atoms with E-state index >= 15 is 0 Å². The first-order valence-corrected chi connectivity index (χ1v) is 9.58. The number of ether oxygens (including phenoxy) is 1. The van der Waals surface area contributed by atoms with Crippen molar-refractivity contribution in [1.82, 2.24) is 0 Å². The van der Waals surface area contributed by atoms with Crippen LogP contribution in [0.25, 0.3) is 0 Å². The normalized spacial score (nSPS) is 12.2. The largest absolute Gasteiger partial charge is 0.491 e. The molecule has 26 heavy (non-hydrogen) atoms. The van der Waals surface area contributed by atoms with Crippen LogP contribution in [0, 0.1) is 13.8 Å². The molecule has 0 radical (unpaired) electrons. The molecule has 0 fully saturated rings. The fourth-order valence-corrected chi connectivity index (χ4v) is 3.00. The molecule has 0 spiro atoms. The molecule has 0 aromatic heterocycles. The molecule has 2 aromatic carbocycles. The molecule has 0 heterocycles. The summed E-state index contributed by atoms with van der Waals surface area (Å²) in [5, 5.41) is 3.49. The van der Waals surface area contributed by atoms with E-state index in [0.717, 1.165) is 12.3 Å². The summed E-state index contributed by atoms with van der Waals surface area (Å²) in [6.45, 7) is 19.2. The van der Waals surface area contributed by atoms with Crippen LogP contribution in [0.3, 0.4) is 0 Å². The van der Waals surface area contributed by atoms with E-state index in [1.807, 2.05) is 0 Å². The Labute approximate surface area is 160 Å². The second kappa shape index (κ2) is 7.73. The predicted octanol–water partition coefficient (Wildman–Crippen LogP) is 6.39. The van der Waals surface area contributed by atoms with Gasteiger partial charge in [0.15, 0.2) is 0 Å². The number of nitrogens with one attached hydrogen (secondary N) is 1. The molecule has 0 aliphatic carbocycles. The first kappa shape index (κ1) is 20.4. The van der Waals surface area contributed by atoms with Crippen LogP contribution in [0.15, 0.2) is 36.4 Å². The molecular weight excluding hydrogens is 318 g/mol. The van der Waals surface area contributed by atoms with Crippen molar-refractivity contribution in [1.29, 1.82) is 0 Å². The van der Waals surface area contributed by atoms with Crippen molar-refractivity contribution < 1.29 is 4.74 Å². The van der Waals surface area contributed by atoms with Gasteiger partial charge in [-0.05, 0) is 59.1 Å². The van der Waals surface area contributed by atoms with Gasteiger partial charge in [-0.25, -0.2) is 0 Å². The molecule has 0 atom stereocenters. The molecule has 0 aliphatic rings. The molecule has 2 rings (SSSR count). The Morgan fingerprint density at radius 1 is 0.885 bits per heavy atom. The third-order valence-electron chi connectivity index (χ3n) is 4.93. The lowest BCUT2D eigenvalue weighted by Gasteiger charge is -2.27. The smallest absolute Gasteiger partial charge is 0.123 e. The molecule has 1 N–H and O–H groups in total. The van der Waals surface area contributed by atoms with E-state index in [0.29, 0.717) is 6.61 Å². The minimum absolute atomic E-state index is 0.0527. The van der Waals surface area contributed by atoms with Gasteiger partial charge in [-0.2, -0.15) is 0 Å². The monoisotopic (exact) mass is 353 g/mol. The van der Waals surface area contributed by atoms with Crippen molar-refractivity contribution in [3.8, 4) is 5.75 Å². The van der Waals surface area contributed by atoms with Crippen LogP contribution in [0.1, 0.15) is 63.8 Å². The second-order valence-electron chi connectivity index (χ2n) is 9.23. The number of hydrogen-bond acceptors (Lipinski definition) is 2. The lowest BCUT2D eigenvalue weighted by atomic mass is 9.80. The zero-order valence-corrected chi connectivity index (χ0v) is 17.8. The molecule has 142 valence electrons. The number of rotatable bonds is 5. The summed E-state index contributed by atoms with van der Waals surface area (Å²) in [6, 6.07) is 13.0. The van der Waals surface area contributed by atoms with Crippen molar-refractivity contribution in [3.63, 3.8) is 0 Å². The SMILES string of the molecule is Cc1cccc(NCCOc2ccc(C(C)(C)C)cc2C(C)(C)C)c1C. The zero-order chi connectivity index (χ0) is 19.5. The fraction of sp³-hybridized carbons (Fsp3) is 0.500. The summed E-state index contributed by atoms with van der Waals surface area (Å²) >= 11 is 0. The molecule has 0 saturated heterocycles. The summed E-state index contributed by atoms with van der Waals surface area (Å²) in [5.74, 6) is 0.994. The summed E-state index contributed by atoms with van der Waals surface area (Å²) in [6.07, 6.45) is 0. The predicted molar refractivity (Wildman–Crippen MR) is 114 cm³/mol. The molecule has 0 saturated carbocycles. The molecule has 2 nitrogen and oxygen atoms in total. The van der Waals surface area contributed by atoms with Crippen LogP contribution >= 0.6 is 0 Å². The van der Waals surface area contributed by atoms with Crippen molar-refractivity contribution in [3.05, 3.63) is 58.7 Å². The van der Waals surface area contributed by atoms with Gasteiger partial charge in [0.05, 0.1) is 0 Å². The maximum atomic E-state index is 6.16. The van der Waals surface area contributed by atoms with Gasteiger partial charge >= 0.3 is 0 Å². The highest BCUT2D eigenvalue weighted by Gasteiger charge is 2.23. The first-order valence-electron chi connectivity index (χ1n) is 9.58. The van der Waals surface area contributed by atoms with E-state index in [2.05, 4.69) is 97.1 Å². The Kier molecular flexibility index (Phi) is 6.05. The second-order valence-corrected chi connectivity index (χ2v) is 9.23. The zero-order valence-electron chi connectivity index (χ0n) is 17.8. The molecular formula is C24H35NO. The Morgan fingerprint density at radius 3 is 2.19 bits per heavy atom.